The Hall–Kier alpha value is -3.81. The Morgan fingerprint density at radius 1 is 1.30 bits per heavy atom. The number of benzene rings is 1. The Balaban J connectivity index is 1.24. The number of nitriles is 1. The standard InChI is InChI=1S/C26H27F3N6O2/c1-14(22(37)33-19(36)9-18(31)24-11-25(12-24,13-24)26(27,28)29)15-3-5-16(6-4-15)20-17(10-30)21(32)35(34-20)23(2)7-8-23/h3-6,9,14,31,36H,7-8,11-13,32H2,1-2H3,(H,33,37)/b19-9-,31-18?. The zero-order chi connectivity index (χ0) is 27.0. The minimum Gasteiger partial charge on any atom is -0.494 e. The molecule has 2 bridgehead atoms. The number of aromatic nitrogens is 2. The normalized spacial score (nSPS) is 26.3. The second-order valence-electron chi connectivity index (χ2n) is 11.0. The number of amides is 1. The summed E-state index contributed by atoms with van der Waals surface area (Å²) in [6.45, 7) is 3.67. The zero-order valence-electron chi connectivity index (χ0n) is 20.4. The SMILES string of the molecule is CC(C(=O)N/C(O)=C/C(=N)C12CC(C(F)(F)F)(C1)C2)c1ccc(-c2nn(C3(C)CC3)c(N)c2C#N)cc1. The van der Waals surface area contributed by atoms with Crippen molar-refractivity contribution in [2.75, 3.05) is 5.73 Å². The van der Waals surface area contributed by atoms with Crippen molar-refractivity contribution < 1.29 is 23.1 Å². The van der Waals surface area contributed by atoms with Crippen molar-refractivity contribution in [1.82, 2.24) is 15.1 Å². The summed E-state index contributed by atoms with van der Waals surface area (Å²) in [4.78, 5) is 12.7. The molecule has 0 radical (unpaired) electrons. The van der Waals surface area contributed by atoms with Crippen LogP contribution in [0.5, 0.6) is 0 Å². The van der Waals surface area contributed by atoms with Crippen LogP contribution in [-0.4, -0.2) is 32.7 Å². The number of nitrogens with one attached hydrogen (secondary N) is 2. The second-order valence-corrected chi connectivity index (χ2v) is 11.0. The van der Waals surface area contributed by atoms with Crippen molar-refractivity contribution in [2.24, 2.45) is 10.8 Å². The van der Waals surface area contributed by atoms with E-state index in [1.165, 1.54) is 0 Å². The summed E-state index contributed by atoms with van der Waals surface area (Å²) < 4.78 is 40.9. The van der Waals surface area contributed by atoms with Crippen molar-refractivity contribution >= 4 is 17.4 Å². The van der Waals surface area contributed by atoms with Crippen LogP contribution in [0.1, 0.15) is 63.0 Å². The number of nitrogen functional groups attached to an aromatic ring is 1. The third-order valence-corrected chi connectivity index (χ3v) is 8.33. The van der Waals surface area contributed by atoms with E-state index in [0.717, 1.165) is 18.9 Å². The number of allylic oxidation sites excluding steroid dienone is 1. The number of rotatable bonds is 7. The summed E-state index contributed by atoms with van der Waals surface area (Å²) >= 11 is 0. The molecule has 0 saturated heterocycles. The number of nitrogens with two attached hydrogens (primary N) is 1. The molecule has 1 aromatic carbocycles. The van der Waals surface area contributed by atoms with Gasteiger partial charge >= 0.3 is 6.18 Å². The van der Waals surface area contributed by atoms with Gasteiger partial charge < -0.3 is 16.2 Å². The molecule has 2 aromatic rings. The second kappa shape index (κ2) is 7.84. The smallest absolute Gasteiger partial charge is 0.394 e. The molecule has 1 heterocycles. The molecule has 1 atom stereocenters. The van der Waals surface area contributed by atoms with Crippen LogP contribution in [0.2, 0.25) is 0 Å². The Bertz CT molecular complexity index is 1360. The summed E-state index contributed by atoms with van der Waals surface area (Å²) in [5.41, 5.74) is 5.40. The van der Waals surface area contributed by atoms with Crippen LogP contribution in [-0.2, 0) is 10.3 Å². The third kappa shape index (κ3) is 3.77. The lowest BCUT2D eigenvalue weighted by Gasteiger charge is -2.70. The predicted molar refractivity (Wildman–Crippen MR) is 129 cm³/mol. The third-order valence-electron chi connectivity index (χ3n) is 8.33. The van der Waals surface area contributed by atoms with E-state index < -0.39 is 34.7 Å². The number of anilines is 1. The van der Waals surface area contributed by atoms with E-state index in [4.69, 9.17) is 11.1 Å². The van der Waals surface area contributed by atoms with Gasteiger partial charge in [0.1, 0.15) is 23.1 Å². The van der Waals surface area contributed by atoms with Crippen LogP contribution in [0.25, 0.3) is 11.3 Å². The molecule has 194 valence electrons. The minimum absolute atomic E-state index is 0.111. The van der Waals surface area contributed by atoms with E-state index >= 15 is 0 Å². The highest BCUT2D eigenvalue weighted by atomic mass is 19.4. The molecule has 4 aliphatic carbocycles. The van der Waals surface area contributed by atoms with Gasteiger partial charge in [0.05, 0.1) is 16.9 Å². The molecular formula is C26H27F3N6O2. The van der Waals surface area contributed by atoms with E-state index in [9.17, 15) is 28.3 Å². The van der Waals surface area contributed by atoms with Crippen LogP contribution >= 0.6 is 0 Å². The van der Waals surface area contributed by atoms with E-state index in [-0.39, 0.29) is 30.5 Å². The molecular weight excluding hydrogens is 485 g/mol. The van der Waals surface area contributed by atoms with Crippen LogP contribution in [0, 0.1) is 27.6 Å². The van der Waals surface area contributed by atoms with E-state index in [1.807, 2.05) is 6.92 Å². The van der Waals surface area contributed by atoms with E-state index in [1.54, 1.807) is 35.9 Å². The zero-order valence-corrected chi connectivity index (χ0v) is 20.4. The molecule has 4 fully saturated rings. The van der Waals surface area contributed by atoms with Gasteiger partial charge in [0.15, 0.2) is 5.88 Å². The van der Waals surface area contributed by atoms with Crippen LogP contribution in [0.15, 0.2) is 36.2 Å². The fraction of sp³-hybridized carbons (Fsp3) is 0.462. The number of hydrogen-bond acceptors (Lipinski definition) is 6. The van der Waals surface area contributed by atoms with Crippen molar-refractivity contribution in [3.8, 4) is 17.3 Å². The van der Waals surface area contributed by atoms with Crippen LogP contribution < -0.4 is 11.1 Å². The number of aliphatic hydroxyl groups excluding tert-OH is 1. The van der Waals surface area contributed by atoms with Crippen molar-refractivity contribution in [1.29, 1.82) is 10.7 Å². The first-order valence-electron chi connectivity index (χ1n) is 12.0. The van der Waals surface area contributed by atoms with Gasteiger partial charge in [-0.15, -0.1) is 0 Å². The van der Waals surface area contributed by atoms with Gasteiger partial charge in [-0.1, -0.05) is 24.3 Å². The number of nitrogens with zero attached hydrogens (tertiary/aromatic N) is 3. The minimum atomic E-state index is -4.28. The first kappa shape index (κ1) is 24.9. The molecule has 1 unspecified atom stereocenters. The van der Waals surface area contributed by atoms with Crippen molar-refractivity contribution in [2.45, 2.75) is 63.6 Å². The van der Waals surface area contributed by atoms with Gasteiger partial charge in [-0.25, -0.2) is 4.68 Å². The Morgan fingerprint density at radius 2 is 1.89 bits per heavy atom. The maximum Gasteiger partial charge on any atom is 0.394 e. The summed E-state index contributed by atoms with van der Waals surface area (Å²) in [5, 5.41) is 34.8. The highest BCUT2D eigenvalue weighted by Crippen LogP contribution is 2.78. The number of hydrogen-bond donors (Lipinski definition) is 4. The van der Waals surface area contributed by atoms with Crippen molar-refractivity contribution in [3.05, 3.63) is 47.4 Å². The molecule has 4 aliphatic rings. The Morgan fingerprint density at radius 3 is 2.41 bits per heavy atom. The molecule has 0 spiro atoms. The average molecular weight is 513 g/mol. The first-order chi connectivity index (χ1) is 17.2. The lowest BCUT2D eigenvalue weighted by atomic mass is 9.33. The number of carbonyl (C=O) groups excluding carboxylic acids is 1. The number of aliphatic hydroxyl groups is 1. The van der Waals surface area contributed by atoms with Gasteiger partial charge in [-0.2, -0.15) is 23.5 Å². The molecule has 8 nitrogen and oxygen atoms in total. The molecule has 6 rings (SSSR count). The Kier molecular flexibility index (Phi) is 5.27. The molecule has 11 heteroatoms. The summed E-state index contributed by atoms with van der Waals surface area (Å²) in [6.07, 6.45) is -1.84. The Labute approximate surface area is 211 Å². The van der Waals surface area contributed by atoms with Gasteiger partial charge in [-0.3, -0.25) is 10.1 Å². The average Bonchev–Trinajstić information content (AvgIpc) is 3.40. The van der Waals surface area contributed by atoms with E-state index in [0.29, 0.717) is 28.2 Å². The number of carbonyl (C=O) groups is 1. The van der Waals surface area contributed by atoms with Gasteiger partial charge in [-0.05, 0) is 51.5 Å². The van der Waals surface area contributed by atoms with Crippen LogP contribution in [0.3, 0.4) is 0 Å². The largest absolute Gasteiger partial charge is 0.494 e. The maximum absolute atomic E-state index is 13.1. The van der Waals surface area contributed by atoms with Gasteiger partial charge in [0.2, 0.25) is 5.91 Å². The number of halogens is 3. The first-order valence-corrected chi connectivity index (χ1v) is 12.0. The molecule has 1 aromatic heterocycles. The molecule has 37 heavy (non-hydrogen) atoms. The monoisotopic (exact) mass is 512 g/mol. The van der Waals surface area contributed by atoms with Crippen LogP contribution in [0.4, 0.5) is 19.0 Å². The summed E-state index contributed by atoms with van der Waals surface area (Å²) in [5.74, 6) is -1.45. The van der Waals surface area contributed by atoms with Crippen molar-refractivity contribution in [3.63, 3.8) is 0 Å². The molecule has 4 saturated carbocycles. The lowest BCUT2D eigenvalue weighted by molar-refractivity contribution is -0.342. The predicted octanol–water partition coefficient (Wildman–Crippen LogP) is 4.88. The topological polar surface area (TPSA) is 141 Å². The van der Waals surface area contributed by atoms with Gasteiger partial charge in [0, 0.05) is 22.8 Å². The highest BCUT2D eigenvalue weighted by molar-refractivity contribution is 6.00. The molecule has 5 N–H and O–H groups in total. The fourth-order valence-corrected chi connectivity index (χ4v) is 5.56. The maximum atomic E-state index is 13.1. The highest BCUT2D eigenvalue weighted by Gasteiger charge is 2.79. The molecule has 1 amide bonds. The van der Waals surface area contributed by atoms with Gasteiger partial charge in [0.25, 0.3) is 0 Å². The summed E-state index contributed by atoms with van der Waals surface area (Å²) in [7, 11) is 0. The van der Waals surface area contributed by atoms with E-state index in [2.05, 4.69) is 16.5 Å². The fourth-order valence-electron chi connectivity index (χ4n) is 5.56. The summed E-state index contributed by atoms with van der Waals surface area (Å²) in [6, 6.07) is 9.05. The quantitative estimate of drug-likeness (QED) is 0.309. The lowest BCUT2D eigenvalue weighted by Crippen LogP contribution is -2.70. The molecule has 0 aliphatic heterocycles. The number of alkyl halides is 3.